The van der Waals surface area contributed by atoms with E-state index in [9.17, 15) is 9.59 Å². The van der Waals surface area contributed by atoms with Crippen LogP contribution < -0.4 is 0 Å². The van der Waals surface area contributed by atoms with E-state index in [1.807, 2.05) is 18.7 Å². The normalized spacial score (nSPS) is 20.1. The summed E-state index contributed by atoms with van der Waals surface area (Å²) in [6.07, 6.45) is 2.34. The first kappa shape index (κ1) is 14.0. The van der Waals surface area contributed by atoms with E-state index < -0.39 is 12.0 Å². The molecule has 5 nitrogen and oxygen atoms in total. The molecule has 0 radical (unpaired) electrons. The van der Waals surface area contributed by atoms with Gasteiger partial charge in [0.15, 0.2) is 0 Å². The smallest absolute Gasteiger partial charge is 0.320 e. The third kappa shape index (κ3) is 3.70. The van der Waals surface area contributed by atoms with Gasteiger partial charge in [-0.05, 0) is 19.3 Å². The molecule has 5 heteroatoms. The molecule has 1 atom stereocenters. The van der Waals surface area contributed by atoms with Gasteiger partial charge in [-0.25, -0.2) is 0 Å². The van der Waals surface area contributed by atoms with Crippen LogP contribution in [0.1, 0.15) is 33.1 Å². The number of hydrogen-bond donors (Lipinski definition) is 1. The van der Waals surface area contributed by atoms with Gasteiger partial charge in [-0.2, -0.15) is 0 Å². The van der Waals surface area contributed by atoms with Gasteiger partial charge in [0, 0.05) is 19.6 Å². The Hall–Kier alpha value is -1.10. The van der Waals surface area contributed by atoms with Crippen molar-refractivity contribution >= 4 is 11.9 Å². The minimum absolute atomic E-state index is 0.0593. The summed E-state index contributed by atoms with van der Waals surface area (Å²) in [4.78, 5) is 26.7. The average Bonchev–Trinajstić information content (AvgIpc) is 2.43. The van der Waals surface area contributed by atoms with Crippen molar-refractivity contribution in [2.24, 2.45) is 0 Å². The highest BCUT2D eigenvalue weighted by Crippen LogP contribution is 2.11. The molecule has 1 saturated heterocycles. The van der Waals surface area contributed by atoms with Crippen LogP contribution in [-0.4, -0.2) is 59.0 Å². The second-order valence-corrected chi connectivity index (χ2v) is 4.47. The van der Waals surface area contributed by atoms with Gasteiger partial charge < -0.3 is 10.0 Å². The van der Waals surface area contributed by atoms with E-state index in [1.54, 1.807) is 4.90 Å². The van der Waals surface area contributed by atoms with Crippen LogP contribution in [-0.2, 0) is 9.59 Å². The number of rotatable bonds is 5. The van der Waals surface area contributed by atoms with E-state index in [0.717, 1.165) is 25.9 Å². The molecule has 1 unspecified atom stereocenters. The summed E-state index contributed by atoms with van der Waals surface area (Å²) in [5.74, 6) is -0.770. The molecule has 1 aliphatic heterocycles. The van der Waals surface area contributed by atoms with E-state index >= 15 is 0 Å². The maximum absolute atomic E-state index is 11.9. The summed E-state index contributed by atoms with van der Waals surface area (Å²) in [6, 6.07) is -0.527. The Morgan fingerprint density at radius 3 is 2.65 bits per heavy atom. The predicted octanol–water partition coefficient (Wildman–Crippen LogP) is 0.794. The summed E-state index contributed by atoms with van der Waals surface area (Å²) in [5, 5.41) is 9.11. The largest absolute Gasteiger partial charge is 0.480 e. The van der Waals surface area contributed by atoms with Crippen molar-refractivity contribution in [2.45, 2.75) is 39.2 Å². The van der Waals surface area contributed by atoms with Crippen molar-refractivity contribution in [1.29, 1.82) is 0 Å². The third-order valence-electron chi connectivity index (χ3n) is 3.17. The number of hydrogen-bond acceptors (Lipinski definition) is 3. The summed E-state index contributed by atoms with van der Waals surface area (Å²) < 4.78 is 0. The first-order chi connectivity index (χ1) is 8.10. The molecule has 98 valence electrons. The van der Waals surface area contributed by atoms with Gasteiger partial charge >= 0.3 is 5.97 Å². The standard InChI is InChI=1S/C12H22N2O3/c1-3-6-13-7-5-8-14(9-11(13)15)10(4-2)12(16)17/h10H,3-9H2,1-2H3,(H,16,17). The first-order valence-corrected chi connectivity index (χ1v) is 6.34. The van der Waals surface area contributed by atoms with Crippen molar-refractivity contribution < 1.29 is 14.7 Å². The van der Waals surface area contributed by atoms with Crippen molar-refractivity contribution in [1.82, 2.24) is 9.80 Å². The molecule has 0 spiro atoms. The van der Waals surface area contributed by atoms with Gasteiger partial charge in [-0.15, -0.1) is 0 Å². The van der Waals surface area contributed by atoms with Crippen LogP contribution in [0.3, 0.4) is 0 Å². The Bertz CT molecular complexity index is 281. The number of amides is 1. The van der Waals surface area contributed by atoms with Crippen LogP contribution in [0.15, 0.2) is 0 Å². The zero-order valence-electron chi connectivity index (χ0n) is 10.7. The molecule has 0 aromatic rings. The first-order valence-electron chi connectivity index (χ1n) is 6.34. The second kappa shape index (κ2) is 6.59. The molecule has 0 bridgehead atoms. The molecule has 0 aromatic heterocycles. The highest BCUT2D eigenvalue weighted by Gasteiger charge is 2.29. The zero-order chi connectivity index (χ0) is 12.8. The van der Waals surface area contributed by atoms with Crippen molar-refractivity contribution in [2.75, 3.05) is 26.2 Å². The van der Waals surface area contributed by atoms with Gasteiger partial charge in [0.2, 0.25) is 5.91 Å². The Morgan fingerprint density at radius 1 is 1.41 bits per heavy atom. The fourth-order valence-corrected chi connectivity index (χ4v) is 2.30. The van der Waals surface area contributed by atoms with E-state index in [0.29, 0.717) is 13.0 Å². The predicted molar refractivity (Wildman–Crippen MR) is 64.8 cm³/mol. The molecule has 1 aliphatic rings. The molecule has 1 rings (SSSR count). The summed E-state index contributed by atoms with van der Waals surface area (Å²) in [5.41, 5.74) is 0. The number of nitrogens with zero attached hydrogens (tertiary/aromatic N) is 2. The van der Waals surface area contributed by atoms with Crippen LogP contribution in [0, 0.1) is 0 Å². The van der Waals surface area contributed by atoms with Crippen molar-refractivity contribution in [3.05, 3.63) is 0 Å². The highest BCUT2D eigenvalue weighted by molar-refractivity contribution is 5.80. The maximum atomic E-state index is 11.9. The van der Waals surface area contributed by atoms with E-state index in [4.69, 9.17) is 5.11 Å². The average molecular weight is 242 g/mol. The summed E-state index contributed by atoms with van der Waals surface area (Å²) in [6.45, 7) is 6.34. The van der Waals surface area contributed by atoms with E-state index in [1.165, 1.54) is 0 Å². The molecular formula is C12H22N2O3. The van der Waals surface area contributed by atoms with Crippen molar-refractivity contribution in [3.8, 4) is 0 Å². The third-order valence-corrected chi connectivity index (χ3v) is 3.17. The van der Waals surface area contributed by atoms with Crippen molar-refractivity contribution in [3.63, 3.8) is 0 Å². The Balaban J connectivity index is 2.66. The zero-order valence-corrected chi connectivity index (χ0v) is 10.7. The van der Waals surface area contributed by atoms with Crippen LogP contribution >= 0.6 is 0 Å². The Labute approximate surface area is 102 Å². The quantitative estimate of drug-likeness (QED) is 0.774. The van der Waals surface area contributed by atoms with Gasteiger partial charge in [0.25, 0.3) is 0 Å². The van der Waals surface area contributed by atoms with Crippen LogP contribution in [0.25, 0.3) is 0 Å². The lowest BCUT2D eigenvalue weighted by molar-refractivity contribution is -0.144. The molecule has 0 aromatic carbocycles. The van der Waals surface area contributed by atoms with Gasteiger partial charge in [0.05, 0.1) is 6.54 Å². The SMILES string of the molecule is CCCN1CCCN(C(CC)C(=O)O)CC1=O. The molecule has 1 heterocycles. The molecular weight excluding hydrogens is 220 g/mol. The number of aliphatic carboxylic acids is 1. The molecule has 1 amide bonds. The van der Waals surface area contributed by atoms with Crippen LogP contribution in [0.5, 0.6) is 0 Å². The lowest BCUT2D eigenvalue weighted by atomic mass is 10.2. The number of carbonyl (C=O) groups is 2. The monoisotopic (exact) mass is 242 g/mol. The van der Waals surface area contributed by atoms with Crippen LogP contribution in [0.4, 0.5) is 0 Å². The minimum Gasteiger partial charge on any atom is -0.480 e. The van der Waals surface area contributed by atoms with Gasteiger partial charge in [-0.1, -0.05) is 13.8 Å². The Morgan fingerprint density at radius 2 is 2.12 bits per heavy atom. The van der Waals surface area contributed by atoms with Crippen LogP contribution in [0.2, 0.25) is 0 Å². The van der Waals surface area contributed by atoms with Gasteiger partial charge in [-0.3, -0.25) is 14.5 Å². The fraction of sp³-hybridized carbons (Fsp3) is 0.833. The molecule has 1 fully saturated rings. The topological polar surface area (TPSA) is 60.9 Å². The Kier molecular flexibility index (Phi) is 5.41. The molecule has 0 saturated carbocycles. The van der Waals surface area contributed by atoms with Gasteiger partial charge in [0.1, 0.15) is 6.04 Å². The summed E-state index contributed by atoms with van der Waals surface area (Å²) >= 11 is 0. The minimum atomic E-state index is -0.829. The number of carboxylic acids is 1. The second-order valence-electron chi connectivity index (χ2n) is 4.47. The molecule has 17 heavy (non-hydrogen) atoms. The highest BCUT2D eigenvalue weighted by atomic mass is 16.4. The van der Waals surface area contributed by atoms with E-state index in [-0.39, 0.29) is 12.5 Å². The number of carboxylic acid groups (broad SMARTS) is 1. The fourth-order valence-electron chi connectivity index (χ4n) is 2.30. The lowest BCUT2D eigenvalue weighted by Crippen LogP contribution is -2.45. The lowest BCUT2D eigenvalue weighted by Gasteiger charge is -2.25. The number of carbonyl (C=O) groups excluding carboxylic acids is 1. The summed E-state index contributed by atoms with van der Waals surface area (Å²) in [7, 11) is 0. The molecule has 1 N–H and O–H groups in total. The maximum Gasteiger partial charge on any atom is 0.320 e. The van der Waals surface area contributed by atoms with E-state index in [2.05, 4.69) is 0 Å². The molecule has 0 aliphatic carbocycles.